The summed E-state index contributed by atoms with van der Waals surface area (Å²) in [6.07, 6.45) is 1.17. The van der Waals surface area contributed by atoms with Crippen LogP contribution < -0.4 is 10.1 Å². The molecule has 126 valence electrons. The molecule has 1 aliphatic heterocycles. The fourth-order valence-electron chi connectivity index (χ4n) is 3.21. The number of rotatable bonds is 5. The third-order valence-electron chi connectivity index (χ3n) is 3.99. The summed E-state index contributed by atoms with van der Waals surface area (Å²) in [4.78, 5) is 24.9. The number of hydrogen-bond acceptors (Lipinski definition) is 5. The monoisotopic (exact) mass is 321 g/mol. The van der Waals surface area contributed by atoms with Crippen LogP contribution in [0.4, 0.5) is 11.4 Å². The molecular formula is C16H23N3O4. The molecule has 0 bridgehead atoms. The van der Waals surface area contributed by atoms with Crippen molar-refractivity contribution in [3.63, 3.8) is 0 Å². The SMILES string of the molecule is COc1ccc(NC(=O)CN2C[C@H](C)C[C@H](C)C2)c([N+](=O)[O-])c1. The van der Waals surface area contributed by atoms with Gasteiger partial charge in [-0.2, -0.15) is 0 Å². The van der Waals surface area contributed by atoms with Gasteiger partial charge in [0, 0.05) is 13.1 Å². The van der Waals surface area contributed by atoms with Crippen LogP contribution in [0.15, 0.2) is 18.2 Å². The van der Waals surface area contributed by atoms with Crippen LogP contribution in [0, 0.1) is 22.0 Å². The zero-order valence-electron chi connectivity index (χ0n) is 13.7. The van der Waals surface area contributed by atoms with Crippen molar-refractivity contribution in [3.8, 4) is 5.75 Å². The molecule has 0 spiro atoms. The molecule has 1 fully saturated rings. The van der Waals surface area contributed by atoms with E-state index in [0.717, 1.165) is 13.1 Å². The first-order valence-electron chi connectivity index (χ1n) is 7.73. The van der Waals surface area contributed by atoms with Crippen LogP contribution in [-0.4, -0.2) is 42.5 Å². The van der Waals surface area contributed by atoms with Gasteiger partial charge in [-0.1, -0.05) is 13.8 Å². The van der Waals surface area contributed by atoms with Crippen molar-refractivity contribution in [1.29, 1.82) is 0 Å². The van der Waals surface area contributed by atoms with Gasteiger partial charge in [0.1, 0.15) is 11.4 Å². The summed E-state index contributed by atoms with van der Waals surface area (Å²) >= 11 is 0. The van der Waals surface area contributed by atoms with Crippen molar-refractivity contribution >= 4 is 17.3 Å². The Labute approximate surface area is 135 Å². The largest absolute Gasteiger partial charge is 0.496 e. The van der Waals surface area contributed by atoms with Crippen LogP contribution in [-0.2, 0) is 4.79 Å². The lowest BCUT2D eigenvalue weighted by molar-refractivity contribution is -0.384. The number of carbonyl (C=O) groups excluding carboxylic acids is 1. The Morgan fingerprint density at radius 2 is 2.04 bits per heavy atom. The highest BCUT2D eigenvalue weighted by Gasteiger charge is 2.24. The van der Waals surface area contributed by atoms with Crippen LogP contribution in [0.1, 0.15) is 20.3 Å². The number of likely N-dealkylation sites (tertiary alicyclic amines) is 1. The van der Waals surface area contributed by atoms with Crippen LogP contribution in [0.2, 0.25) is 0 Å². The van der Waals surface area contributed by atoms with Crippen molar-refractivity contribution in [2.75, 3.05) is 32.1 Å². The summed E-state index contributed by atoms with van der Waals surface area (Å²) in [5, 5.41) is 13.8. The number of amides is 1. The number of carbonyl (C=O) groups is 1. The summed E-state index contributed by atoms with van der Waals surface area (Å²) in [7, 11) is 1.44. The second-order valence-electron chi connectivity index (χ2n) is 6.33. The van der Waals surface area contributed by atoms with Crippen molar-refractivity contribution in [3.05, 3.63) is 28.3 Å². The lowest BCUT2D eigenvalue weighted by atomic mass is 9.92. The van der Waals surface area contributed by atoms with Gasteiger partial charge in [-0.05, 0) is 30.4 Å². The first-order chi connectivity index (χ1) is 10.9. The summed E-state index contributed by atoms with van der Waals surface area (Å²) < 4.78 is 4.98. The molecule has 1 aromatic rings. The minimum absolute atomic E-state index is 0.168. The molecule has 2 atom stereocenters. The molecule has 1 heterocycles. The predicted molar refractivity (Wildman–Crippen MR) is 87.7 cm³/mol. The first-order valence-corrected chi connectivity index (χ1v) is 7.73. The Morgan fingerprint density at radius 3 is 2.61 bits per heavy atom. The summed E-state index contributed by atoms with van der Waals surface area (Å²) in [5.41, 5.74) is 0.0250. The second kappa shape index (κ2) is 7.41. The predicted octanol–water partition coefficient (Wildman–Crippen LogP) is 2.52. The number of anilines is 1. The topological polar surface area (TPSA) is 84.7 Å². The maximum Gasteiger partial charge on any atom is 0.296 e. The normalized spacial score (nSPS) is 21.7. The van der Waals surface area contributed by atoms with Crippen LogP contribution in [0.3, 0.4) is 0 Å². The molecular weight excluding hydrogens is 298 g/mol. The molecule has 0 aliphatic carbocycles. The number of nitrogens with zero attached hydrogens (tertiary/aromatic N) is 2. The fraction of sp³-hybridized carbons (Fsp3) is 0.562. The number of hydrogen-bond donors (Lipinski definition) is 1. The smallest absolute Gasteiger partial charge is 0.296 e. The van der Waals surface area contributed by atoms with E-state index in [1.165, 1.54) is 25.7 Å². The average Bonchev–Trinajstić information content (AvgIpc) is 2.46. The fourth-order valence-corrected chi connectivity index (χ4v) is 3.21. The van der Waals surface area contributed by atoms with Gasteiger partial charge in [0.25, 0.3) is 5.69 Å². The number of benzene rings is 1. The number of ether oxygens (including phenoxy) is 1. The molecule has 0 radical (unpaired) electrons. The van der Waals surface area contributed by atoms with E-state index in [0.29, 0.717) is 17.6 Å². The summed E-state index contributed by atoms with van der Waals surface area (Å²) in [6.45, 7) is 6.35. The van der Waals surface area contributed by atoms with E-state index in [2.05, 4.69) is 24.1 Å². The van der Waals surface area contributed by atoms with E-state index >= 15 is 0 Å². The minimum Gasteiger partial charge on any atom is -0.496 e. The van der Waals surface area contributed by atoms with E-state index in [-0.39, 0.29) is 23.8 Å². The third-order valence-corrected chi connectivity index (χ3v) is 3.99. The van der Waals surface area contributed by atoms with Gasteiger partial charge in [-0.15, -0.1) is 0 Å². The zero-order chi connectivity index (χ0) is 17.0. The van der Waals surface area contributed by atoms with E-state index in [1.54, 1.807) is 6.07 Å². The molecule has 1 N–H and O–H groups in total. The second-order valence-corrected chi connectivity index (χ2v) is 6.33. The summed E-state index contributed by atoms with van der Waals surface area (Å²) in [5.74, 6) is 1.26. The highest BCUT2D eigenvalue weighted by Crippen LogP contribution is 2.29. The molecule has 7 nitrogen and oxygen atoms in total. The first kappa shape index (κ1) is 17.2. The van der Waals surface area contributed by atoms with E-state index in [4.69, 9.17) is 4.74 Å². The molecule has 23 heavy (non-hydrogen) atoms. The molecule has 0 saturated carbocycles. The molecule has 0 aromatic heterocycles. The van der Waals surface area contributed by atoms with Crippen LogP contribution in [0.5, 0.6) is 5.75 Å². The standard InChI is InChI=1S/C16H23N3O4/c1-11-6-12(2)9-18(8-11)10-16(20)17-14-5-4-13(23-3)7-15(14)19(21)22/h4-5,7,11-12H,6,8-10H2,1-3H3,(H,17,20)/t11-,12+. The van der Waals surface area contributed by atoms with Crippen molar-refractivity contribution in [1.82, 2.24) is 4.90 Å². The number of nitro benzene ring substituents is 1. The maximum absolute atomic E-state index is 12.2. The van der Waals surface area contributed by atoms with E-state index < -0.39 is 4.92 Å². The third kappa shape index (κ3) is 4.66. The molecule has 1 aromatic carbocycles. The molecule has 1 amide bonds. The van der Waals surface area contributed by atoms with Crippen LogP contribution >= 0.6 is 0 Å². The number of methoxy groups -OCH3 is 1. The highest BCUT2D eigenvalue weighted by atomic mass is 16.6. The van der Waals surface area contributed by atoms with Gasteiger partial charge in [-0.25, -0.2) is 0 Å². The number of piperidine rings is 1. The van der Waals surface area contributed by atoms with Gasteiger partial charge in [0.15, 0.2) is 0 Å². The van der Waals surface area contributed by atoms with Gasteiger partial charge < -0.3 is 10.1 Å². The quantitative estimate of drug-likeness (QED) is 0.665. The lowest BCUT2D eigenvalue weighted by Gasteiger charge is -2.34. The van der Waals surface area contributed by atoms with Crippen LogP contribution in [0.25, 0.3) is 0 Å². The zero-order valence-corrected chi connectivity index (χ0v) is 13.7. The number of nitrogens with one attached hydrogen (secondary N) is 1. The summed E-state index contributed by atoms with van der Waals surface area (Å²) in [6, 6.07) is 4.39. The minimum atomic E-state index is -0.525. The average molecular weight is 321 g/mol. The Morgan fingerprint density at radius 1 is 1.39 bits per heavy atom. The Kier molecular flexibility index (Phi) is 5.54. The van der Waals surface area contributed by atoms with Gasteiger partial charge in [0.2, 0.25) is 5.91 Å². The van der Waals surface area contributed by atoms with Gasteiger partial charge in [-0.3, -0.25) is 19.8 Å². The Bertz CT molecular complexity index is 581. The Hall–Kier alpha value is -2.15. The maximum atomic E-state index is 12.2. The van der Waals surface area contributed by atoms with Gasteiger partial charge in [0.05, 0.1) is 24.6 Å². The van der Waals surface area contributed by atoms with Crippen molar-refractivity contribution in [2.24, 2.45) is 11.8 Å². The van der Waals surface area contributed by atoms with Crippen molar-refractivity contribution in [2.45, 2.75) is 20.3 Å². The van der Waals surface area contributed by atoms with Gasteiger partial charge >= 0.3 is 0 Å². The molecule has 1 aliphatic rings. The highest BCUT2D eigenvalue weighted by molar-refractivity contribution is 5.94. The number of nitro groups is 1. The molecule has 1 saturated heterocycles. The lowest BCUT2D eigenvalue weighted by Crippen LogP contribution is -2.42. The molecule has 0 unspecified atom stereocenters. The molecule has 7 heteroatoms. The van der Waals surface area contributed by atoms with E-state index in [1.807, 2.05) is 0 Å². The van der Waals surface area contributed by atoms with Crippen molar-refractivity contribution < 1.29 is 14.5 Å². The molecule has 2 rings (SSSR count). The Balaban J connectivity index is 2.04. The van der Waals surface area contributed by atoms with E-state index in [9.17, 15) is 14.9 Å².